The summed E-state index contributed by atoms with van der Waals surface area (Å²) in [4.78, 5) is 2.58. The molecule has 0 saturated carbocycles. The maximum atomic E-state index is 3.43. The fraction of sp³-hybridized carbons (Fsp3) is 0.625. The molecule has 2 nitrogen and oxygen atoms in total. The van der Waals surface area contributed by atoms with E-state index in [0.717, 1.165) is 6.54 Å². The SMILES string of the molecule is CNC1CCC(C)(C)N(c2cc(C)ccc2C)C1. The van der Waals surface area contributed by atoms with Crippen LogP contribution < -0.4 is 10.2 Å². The van der Waals surface area contributed by atoms with Gasteiger partial charge in [0.05, 0.1) is 0 Å². The third-order valence-corrected chi connectivity index (χ3v) is 4.30. The molecule has 0 spiro atoms. The van der Waals surface area contributed by atoms with Crippen LogP contribution in [0.1, 0.15) is 37.8 Å². The predicted molar refractivity (Wildman–Crippen MR) is 79.4 cm³/mol. The van der Waals surface area contributed by atoms with Crippen LogP contribution in [-0.2, 0) is 0 Å². The van der Waals surface area contributed by atoms with E-state index in [-0.39, 0.29) is 5.54 Å². The predicted octanol–water partition coefficient (Wildman–Crippen LogP) is 3.27. The zero-order valence-electron chi connectivity index (χ0n) is 12.4. The van der Waals surface area contributed by atoms with Gasteiger partial charge in [-0.3, -0.25) is 0 Å². The van der Waals surface area contributed by atoms with Crippen LogP contribution in [0.2, 0.25) is 0 Å². The van der Waals surface area contributed by atoms with Crippen LogP contribution in [0.25, 0.3) is 0 Å². The third-order valence-electron chi connectivity index (χ3n) is 4.30. The molecule has 1 unspecified atom stereocenters. The second kappa shape index (κ2) is 4.93. The van der Waals surface area contributed by atoms with Crippen LogP contribution in [0.4, 0.5) is 5.69 Å². The summed E-state index contributed by atoms with van der Waals surface area (Å²) in [5.41, 5.74) is 4.38. The quantitative estimate of drug-likeness (QED) is 0.861. The second-order valence-electron chi connectivity index (χ2n) is 6.24. The Hall–Kier alpha value is -1.02. The molecule has 1 aromatic carbocycles. The molecule has 1 aliphatic rings. The van der Waals surface area contributed by atoms with Crippen LogP contribution >= 0.6 is 0 Å². The monoisotopic (exact) mass is 246 g/mol. The van der Waals surface area contributed by atoms with Crippen molar-refractivity contribution in [2.75, 3.05) is 18.5 Å². The highest BCUT2D eigenvalue weighted by atomic mass is 15.2. The number of nitrogens with one attached hydrogen (secondary N) is 1. The van der Waals surface area contributed by atoms with E-state index >= 15 is 0 Å². The van der Waals surface area contributed by atoms with E-state index in [2.05, 4.69) is 63.2 Å². The number of nitrogens with zero attached hydrogens (tertiary/aromatic N) is 1. The Bertz CT molecular complexity index is 423. The van der Waals surface area contributed by atoms with Crippen LogP contribution in [-0.4, -0.2) is 25.2 Å². The van der Waals surface area contributed by atoms with E-state index in [1.165, 1.54) is 29.7 Å². The lowest BCUT2D eigenvalue weighted by Gasteiger charge is -2.47. The molecule has 1 fully saturated rings. The molecular formula is C16H26N2. The Morgan fingerprint density at radius 1 is 1.28 bits per heavy atom. The summed E-state index contributed by atoms with van der Waals surface area (Å²) in [6.45, 7) is 10.2. The highest BCUT2D eigenvalue weighted by molar-refractivity contribution is 5.57. The molecule has 1 heterocycles. The molecule has 0 amide bonds. The zero-order chi connectivity index (χ0) is 13.3. The van der Waals surface area contributed by atoms with E-state index in [4.69, 9.17) is 0 Å². The molecular weight excluding hydrogens is 220 g/mol. The van der Waals surface area contributed by atoms with Gasteiger partial charge in [-0.15, -0.1) is 0 Å². The summed E-state index contributed by atoms with van der Waals surface area (Å²) in [6.07, 6.45) is 2.51. The average molecular weight is 246 g/mol. The van der Waals surface area contributed by atoms with Gasteiger partial charge in [-0.25, -0.2) is 0 Å². The first kappa shape index (κ1) is 13.4. The summed E-state index contributed by atoms with van der Waals surface area (Å²) in [7, 11) is 2.07. The lowest BCUT2D eigenvalue weighted by Crippen LogP contribution is -2.55. The zero-order valence-corrected chi connectivity index (χ0v) is 12.4. The van der Waals surface area contributed by atoms with Crippen molar-refractivity contribution in [1.29, 1.82) is 0 Å². The van der Waals surface area contributed by atoms with E-state index < -0.39 is 0 Å². The average Bonchev–Trinajstić information content (AvgIpc) is 2.32. The lowest BCUT2D eigenvalue weighted by molar-refractivity contribution is 0.313. The van der Waals surface area contributed by atoms with E-state index in [0.29, 0.717) is 6.04 Å². The fourth-order valence-electron chi connectivity index (χ4n) is 2.89. The molecule has 2 heteroatoms. The van der Waals surface area contributed by atoms with Gasteiger partial charge in [0.1, 0.15) is 0 Å². The molecule has 1 aromatic rings. The first-order chi connectivity index (χ1) is 8.44. The lowest BCUT2D eigenvalue weighted by atomic mass is 9.87. The first-order valence-corrected chi connectivity index (χ1v) is 6.96. The number of hydrogen-bond acceptors (Lipinski definition) is 2. The minimum Gasteiger partial charge on any atom is -0.365 e. The highest BCUT2D eigenvalue weighted by Gasteiger charge is 2.34. The van der Waals surface area contributed by atoms with Gasteiger partial charge in [0.15, 0.2) is 0 Å². The minimum atomic E-state index is 0.256. The summed E-state index contributed by atoms with van der Waals surface area (Å²) in [5.74, 6) is 0. The number of likely N-dealkylation sites (N-methyl/N-ethyl adjacent to an activating group) is 1. The minimum absolute atomic E-state index is 0.256. The van der Waals surface area contributed by atoms with Crippen LogP contribution in [0, 0.1) is 13.8 Å². The number of benzene rings is 1. The normalized spacial score (nSPS) is 23.2. The third kappa shape index (κ3) is 2.54. The van der Waals surface area contributed by atoms with Gasteiger partial charge in [0, 0.05) is 23.8 Å². The molecule has 2 rings (SSSR count). The van der Waals surface area contributed by atoms with Gasteiger partial charge in [-0.2, -0.15) is 0 Å². The molecule has 1 saturated heterocycles. The maximum Gasteiger partial charge on any atom is 0.0403 e. The van der Waals surface area contributed by atoms with Crippen molar-refractivity contribution in [3.63, 3.8) is 0 Å². The van der Waals surface area contributed by atoms with Crippen LogP contribution in [0.15, 0.2) is 18.2 Å². The highest BCUT2D eigenvalue weighted by Crippen LogP contribution is 2.34. The molecule has 1 aliphatic heterocycles. The number of anilines is 1. The van der Waals surface area contributed by atoms with Crippen molar-refractivity contribution in [3.05, 3.63) is 29.3 Å². The number of hydrogen-bond donors (Lipinski definition) is 1. The molecule has 1 N–H and O–H groups in total. The van der Waals surface area contributed by atoms with Crippen molar-refractivity contribution >= 4 is 5.69 Å². The van der Waals surface area contributed by atoms with Gasteiger partial charge in [0.2, 0.25) is 0 Å². The second-order valence-corrected chi connectivity index (χ2v) is 6.24. The largest absolute Gasteiger partial charge is 0.365 e. The summed E-state index contributed by atoms with van der Waals surface area (Å²) in [5, 5.41) is 3.43. The Morgan fingerprint density at radius 3 is 2.67 bits per heavy atom. The van der Waals surface area contributed by atoms with Gasteiger partial charge >= 0.3 is 0 Å². The van der Waals surface area contributed by atoms with Crippen molar-refractivity contribution in [1.82, 2.24) is 5.32 Å². The summed E-state index contributed by atoms with van der Waals surface area (Å²) >= 11 is 0. The molecule has 0 radical (unpaired) electrons. The van der Waals surface area contributed by atoms with Gasteiger partial charge < -0.3 is 10.2 Å². The Balaban J connectivity index is 2.36. The van der Waals surface area contributed by atoms with E-state index in [9.17, 15) is 0 Å². The summed E-state index contributed by atoms with van der Waals surface area (Å²) < 4.78 is 0. The Kier molecular flexibility index (Phi) is 3.67. The van der Waals surface area contributed by atoms with Gasteiger partial charge in [-0.1, -0.05) is 12.1 Å². The van der Waals surface area contributed by atoms with Crippen molar-refractivity contribution < 1.29 is 0 Å². The maximum absolute atomic E-state index is 3.43. The molecule has 0 aromatic heterocycles. The Labute approximate surface area is 111 Å². The van der Waals surface area contributed by atoms with Gasteiger partial charge in [-0.05, 0) is 64.8 Å². The standard InChI is InChI=1S/C16H26N2/c1-12-6-7-13(2)15(10-12)18-11-14(17-5)8-9-16(18,3)4/h6-7,10,14,17H,8-9,11H2,1-5H3. The number of aryl methyl sites for hydroxylation is 2. The Morgan fingerprint density at radius 2 is 2.00 bits per heavy atom. The molecule has 100 valence electrons. The molecule has 0 aliphatic carbocycles. The fourth-order valence-corrected chi connectivity index (χ4v) is 2.89. The molecule has 0 bridgehead atoms. The van der Waals surface area contributed by atoms with E-state index in [1.54, 1.807) is 0 Å². The van der Waals surface area contributed by atoms with Gasteiger partial charge in [0.25, 0.3) is 0 Å². The molecule has 1 atom stereocenters. The van der Waals surface area contributed by atoms with Crippen molar-refractivity contribution in [2.24, 2.45) is 0 Å². The smallest absolute Gasteiger partial charge is 0.0403 e. The number of piperidine rings is 1. The first-order valence-electron chi connectivity index (χ1n) is 6.96. The van der Waals surface area contributed by atoms with Crippen molar-refractivity contribution in [2.45, 2.75) is 52.1 Å². The number of rotatable bonds is 2. The molecule has 18 heavy (non-hydrogen) atoms. The topological polar surface area (TPSA) is 15.3 Å². The van der Waals surface area contributed by atoms with E-state index in [1.807, 2.05) is 0 Å². The summed E-state index contributed by atoms with van der Waals surface area (Å²) in [6, 6.07) is 7.38. The van der Waals surface area contributed by atoms with Crippen LogP contribution in [0.3, 0.4) is 0 Å². The van der Waals surface area contributed by atoms with Crippen LogP contribution in [0.5, 0.6) is 0 Å². The van der Waals surface area contributed by atoms with Crippen molar-refractivity contribution in [3.8, 4) is 0 Å².